The maximum Gasteiger partial charge on any atom is 0.270 e. The fraction of sp³-hybridized carbons (Fsp3) is 0.889. The van der Waals surface area contributed by atoms with Gasteiger partial charge in [0.05, 0.1) is 6.61 Å². The zero-order valence-corrected chi connectivity index (χ0v) is 16.1. The van der Waals surface area contributed by atoms with Crippen LogP contribution in [0.5, 0.6) is 0 Å². The molecule has 4 atom stereocenters. The third-order valence-electron chi connectivity index (χ3n) is 4.36. The summed E-state index contributed by atoms with van der Waals surface area (Å²) in [5.74, 6) is -1.56. The molecule has 0 aromatic heterocycles. The fourth-order valence-corrected chi connectivity index (χ4v) is 2.54. The van der Waals surface area contributed by atoms with Gasteiger partial charge in [-0.25, -0.2) is 0 Å². The molecule has 0 heterocycles. The number of rotatable bonds is 15. The molecule has 2 amide bonds. The lowest BCUT2D eigenvalue weighted by Crippen LogP contribution is -2.54. The highest BCUT2D eigenvalue weighted by atomic mass is 16.4. The monoisotopic (exact) mass is 392 g/mol. The highest BCUT2D eigenvalue weighted by molar-refractivity contribution is 5.84. The summed E-state index contributed by atoms with van der Waals surface area (Å²) in [6.45, 7) is 1.34. The Labute approximate surface area is 160 Å². The third-order valence-corrected chi connectivity index (χ3v) is 4.36. The Morgan fingerprint density at radius 1 is 0.778 bits per heavy atom. The Morgan fingerprint density at radius 3 is 1.81 bits per heavy atom. The molecule has 0 aliphatic heterocycles. The van der Waals surface area contributed by atoms with E-state index in [1.165, 1.54) is 32.1 Å². The molecular formula is C18H36N2O7. The molecule has 160 valence electrons. The van der Waals surface area contributed by atoms with E-state index in [1.54, 1.807) is 0 Å². The fourth-order valence-electron chi connectivity index (χ4n) is 2.54. The van der Waals surface area contributed by atoms with E-state index in [9.17, 15) is 30.0 Å². The van der Waals surface area contributed by atoms with Gasteiger partial charge in [-0.2, -0.15) is 0 Å². The molecule has 4 unspecified atom stereocenters. The predicted molar refractivity (Wildman–Crippen MR) is 99.2 cm³/mol. The normalized spacial score (nSPS) is 15.6. The number of aliphatic hydroxyl groups excluding tert-OH is 5. The third kappa shape index (κ3) is 11.9. The average molecular weight is 392 g/mol. The van der Waals surface area contributed by atoms with Gasteiger partial charge in [0.2, 0.25) is 5.91 Å². The molecule has 0 aliphatic carbocycles. The van der Waals surface area contributed by atoms with Crippen LogP contribution in [-0.4, -0.2) is 68.4 Å². The van der Waals surface area contributed by atoms with Crippen molar-refractivity contribution in [1.29, 1.82) is 0 Å². The first-order valence-electron chi connectivity index (χ1n) is 9.76. The van der Waals surface area contributed by atoms with E-state index in [-0.39, 0.29) is 6.42 Å². The highest BCUT2D eigenvalue weighted by Gasteiger charge is 2.34. The van der Waals surface area contributed by atoms with Crippen molar-refractivity contribution in [3.8, 4) is 0 Å². The van der Waals surface area contributed by atoms with Gasteiger partial charge in [-0.1, -0.05) is 58.3 Å². The van der Waals surface area contributed by atoms with Gasteiger partial charge in [0.25, 0.3) is 5.91 Å². The van der Waals surface area contributed by atoms with Crippen molar-refractivity contribution in [2.75, 3.05) is 6.61 Å². The largest absolute Gasteiger partial charge is 0.394 e. The molecule has 9 nitrogen and oxygen atoms in total. The number of hydrogen-bond acceptors (Lipinski definition) is 7. The van der Waals surface area contributed by atoms with E-state index in [2.05, 4.69) is 12.3 Å². The maximum atomic E-state index is 11.6. The zero-order valence-electron chi connectivity index (χ0n) is 16.1. The lowest BCUT2D eigenvalue weighted by Gasteiger charge is -2.24. The van der Waals surface area contributed by atoms with E-state index in [0.29, 0.717) is 6.42 Å². The van der Waals surface area contributed by atoms with Crippen molar-refractivity contribution in [3.63, 3.8) is 0 Å². The first-order chi connectivity index (χ1) is 12.8. The Bertz CT molecular complexity index is 409. The van der Waals surface area contributed by atoms with Gasteiger partial charge in [-0.15, -0.1) is 0 Å². The topological polar surface area (TPSA) is 159 Å². The minimum atomic E-state index is -2.07. The summed E-state index contributed by atoms with van der Waals surface area (Å²) < 4.78 is 0. The molecule has 9 heteroatoms. The van der Waals surface area contributed by atoms with Crippen molar-refractivity contribution in [2.45, 2.75) is 95.5 Å². The zero-order chi connectivity index (χ0) is 20.7. The molecule has 27 heavy (non-hydrogen) atoms. The minimum Gasteiger partial charge on any atom is -0.394 e. The van der Waals surface area contributed by atoms with Crippen LogP contribution < -0.4 is 10.9 Å². The van der Waals surface area contributed by atoms with E-state index in [0.717, 1.165) is 19.3 Å². The molecule has 0 aliphatic rings. The van der Waals surface area contributed by atoms with Crippen LogP contribution in [0.1, 0.15) is 71.1 Å². The smallest absolute Gasteiger partial charge is 0.270 e. The van der Waals surface area contributed by atoms with Gasteiger partial charge >= 0.3 is 0 Å². The second-order valence-electron chi connectivity index (χ2n) is 6.79. The molecule has 0 rings (SSSR count). The van der Waals surface area contributed by atoms with Crippen LogP contribution in [0, 0.1) is 0 Å². The number of carbonyl (C=O) groups is 2. The summed E-state index contributed by atoms with van der Waals surface area (Å²) >= 11 is 0. The van der Waals surface area contributed by atoms with E-state index in [1.807, 2.05) is 5.43 Å². The van der Waals surface area contributed by atoms with Crippen LogP contribution in [0.4, 0.5) is 0 Å². The molecule has 0 spiro atoms. The second kappa shape index (κ2) is 15.8. The van der Waals surface area contributed by atoms with Crippen LogP contribution >= 0.6 is 0 Å². The Kier molecular flexibility index (Phi) is 15.0. The van der Waals surface area contributed by atoms with E-state index < -0.39 is 42.8 Å². The average Bonchev–Trinajstić information content (AvgIpc) is 2.68. The Morgan fingerprint density at radius 2 is 1.30 bits per heavy atom. The quantitative estimate of drug-likeness (QED) is 0.146. The molecule has 0 saturated carbocycles. The summed E-state index contributed by atoms with van der Waals surface area (Å²) in [5.41, 5.74) is 4.07. The summed E-state index contributed by atoms with van der Waals surface area (Å²) in [5, 5.41) is 46.5. The highest BCUT2D eigenvalue weighted by Crippen LogP contribution is 2.10. The number of carbonyl (C=O) groups excluding carboxylic acids is 2. The summed E-state index contributed by atoms with van der Waals surface area (Å²) in [4.78, 5) is 23.3. The number of aliphatic hydroxyl groups is 5. The van der Waals surface area contributed by atoms with Gasteiger partial charge in [-0.05, 0) is 6.42 Å². The Hall–Kier alpha value is -1.26. The summed E-state index contributed by atoms with van der Waals surface area (Å²) in [6, 6.07) is 0. The number of unbranched alkanes of at least 4 members (excludes halogenated alkanes) is 8. The van der Waals surface area contributed by atoms with Crippen LogP contribution in [0.3, 0.4) is 0 Å². The van der Waals surface area contributed by atoms with Crippen molar-refractivity contribution in [3.05, 3.63) is 0 Å². The SMILES string of the molecule is CCCCCCCCCCCC(=O)NNC(=O)C(O)C(O)C(O)C(O)CO. The van der Waals surface area contributed by atoms with Gasteiger partial charge in [-0.3, -0.25) is 20.4 Å². The summed E-state index contributed by atoms with van der Waals surface area (Å²) in [6.07, 6.45) is 2.56. The molecule has 0 bridgehead atoms. The Balaban J connectivity index is 3.83. The molecule has 0 fully saturated rings. The molecular weight excluding hydrogens is 356 g/mol. The molecule has 7 N–H and O–H groups in total. The van der Waals surface area contributed by atoms with Crippen LogP contribution in [0.15, 0.2) is 0 Å². The van der Waals surface area contributed by atoms with Crippen LogP contribution in [-0.2, 0) is 9.59 Å². The molecule has 0 aromatic carbocycles. The van der Waals surface area contributed by atoms with Gasteiger partial charge in [0.15, 0.2) is 6.10 Å². The van der Waals surface area contributed by atoms with Crippen molar-refractivity contribution >= 4 is 11.8 Å². The number of hydrogen-bond donors (Lipinski definition) is 7. The lowest BCUT2D eigenvalue weighted by molar-refractivity contribution is -0.151. The van der Waals surface area contributed by atoms with E-state index >= 15 is 0 Å². The standard InChI is InChI=1S/C18H36N2O7/c1-2-3-4-5-6-7-8-9-10-11-14(23)19-20-18(27)17(26)16(25)15(24)13(22)12-21/h13,15-17,21-22,24-26H,2-12H2,1H3,(H,19,23)(H,20,27). The number of nitrogens with one attached hydrogen (secondary N) is 2. The first-order valence-corrected chi connectivity index (χ1v) is 9.76. The first kappa shape index (κ1) is 25.7. The predicted octanol–water partition coefficient (Wildman–Crippen LogP) is -0.509. The van der Waals surface area contributed by atoms with Crippen molar-refractivity contribution in [2.24, 2.45) is 0 Å². The van der Waals surface area contributed by atoms with Crippen molar-refractivity contribution < 1.29 is 35.1 Å². The van der Waals surface area contributed by atoms with Crippen LogP contribution in [0.2, 0.25) is 0 Å². The van der Waals surface area contributed by atoms with Gasteiger partial charge in [0, 0.05) is 6.42 Å². The number of hydrazine groups is 1. The van der Waals surface area contributed by atoms with Gasteiger partial charge < -0.3 is 25.5 Å². The molecule has 0 saturated heterocycles. The van der Waals surface area contributed by atoms with Gasteiger partial charge in [0.1, 0.15) is 18.3 Å². The minimum absolute atomic E-state index is 0.223. The van der Waals surface area contributed by atoms with E-state index in [4.69, 9.17) is 5.11 Å². The molecule has 0 aromatic rings. The van der Waals surface area contributed by atoms with Crippen molar-refractivity contribution in [1.82, 2.24) is 10.9 Å². The second-order valence-corrected chi connectivity index (χ2v) is 6.79. The number of amides is 2. The maximum absolute atomic E-state index is 11.6. The lowest BCUT2D eigenvalue weighted by atomic mass is 10.0. The van der Waals surface area contributed by atoms with Crippen LogP contribution in [0.25, 0.3) is 0 Å². The summed E-state index contributed by atoms with van der Waals surface area (Å²) in [7, 11) is 0. The molecule has 0 radical (unpaired) electrons.